The lowest BCUT2D eigenvalue weighted by atomic mass is 10.1. The van der Waals surface area contributed by atoms with E-state index in [1.54, 1.807) is 12.1 Å². The van der Waals surface area contributed by atoms with Crippen LogP contribution in [0.1, 0.15) is 22.3 Å². The van der Waals surface area contributed by atoms with Gasteiger partial charge in [0, 0.05) is 18.7 Å². The fourth-order valence-corrected chi connectivity index (χ4v) is 2.14. The number of benzene rings is 2. The van der Waals surface area contributed by atoms with Crippen molar-refractivity contribution in [3.8, 4) is 6.07 Å². The summed E-state index contributed by atoms with van der Waals surface area (Å²) in [5.41, 5.74) is 3.07. The maximum atomic E-state index is 14.0. The monoisotopic (exact) mass is 268 g/mol. The van der Waals surface area contributed by atoms with Crippen LogP contribution in [-0.4, -0.2) is 11.9 Å². The van der Waals surface area contributed by atoms with Crippen LogP contribution in [0.25, 0.3) is 0 Å². The molecule has 0 unspecified atom stereocenters. The number of aryl methyl sites for hydroxylation is 1. The first-order valence-corrected chi connectivity index (χ1v) is 6.51. The van der Waals surface area contributed by atoms with E-state index in [4.69, 9.17) is 5.26 Å². The van der Waals surface area contributed by atoms with Gasteiger partial charge in [-0.15, -0.1) is 0 Å². The summed E-state index contributed by atoms with van der Waals surface area (Å²) in [5, 5.41) is 8.83. The van der Waals surface area contributed by atoms with Crippen LogP contribution in [0.15, 0.2) is 42.5 Å². The molecule has 0 saturated carbocycles. The van der Waals surface area contributed by atoms with Crippen molar-refractivity contribution in [1.82, 2.24) is 4.90 Å². The third kappa shape index (κ3) is 3.43. The molecule has 0 spiro atoms. The van der Waals surface area contributed by atoms with Crippen LogP contribution in [0.4, 0.5) is 4.39 Å². The summed E-state index contributed by atoms with van der Waals surface area (Å²) in [6, 6.07) is 15.1. The predicted molar refractivity (Wildman–Crippen MR) is 77.5 cm³/mol. The molecule has 0 aliphatic heterocycles. The van der Waals surface area contributed by atoms with Gasteiger partial charge >= 0.3 is 0 Å². The maximum absolute atomic E-state index is 14.0. The third-order valence-electron chi connectivity index (χ3n) is 3.21. The molecule has 2 aromatic carbocycles. The van der Waals surface area contributed by atoms with E-state index < -0.39 is 5.82 Å². The zero-order chi connectivity index (χ0) is 14.5. The van der Waals surface area contributed by atoms with Crippen LogP contribution < -0.4 is 0 Å². The Morgan fingerprint density at radius 3 is 2.45 bits per heavy atom. The van der Waals surface area contributed by atoms with Gasteiger partial charge in [0.1, 0.15) is 11.9 Å². The maximum Gasteiger partial charge on any atom is 0.145 e. The van der Waals surface area contributed by atoms with E-state index in [9.17, 15) is 4.39 Å². The van der Waals surface area contributed by atoms with E-state index in [1.807, 2.05) is 18.0 Å². The Balaban J connectivity index is 2.07. The fraction of sp³-hybridized carbons (Fsp3) is 0.235. The molecule has 2 nitrogen and oxygen atoms in total. The quantitative estimate of drug-likeness (QED) is 0.846. The molecule has 0 N–H and O–H groups in total. The molecular formula is C17H17FN2. The van der Waals surface area contributed by atoms with Gasteiger partial charge in [-0.05, 0) is 25.6 Å². The molecule has 20 heavy (non-hydrogen) atoms. The lowest BCUT2D eigenvalue weighted by molar-refractivity contribution is 0.313. The summed E-state index contributed by atoms with van der Waals surface area (Å²) < 4.78 is 14.0. The van der Waals surface area contributed by atoms with Crippen molar-refractivity contribution in [3.63, 3.8) is 0 Å². The summed E-state index contributed by atoms with van der Waals surface area (Å²) in [6.07, 6.45) is 0. The second-order valence-electron chi connectivity index (χ2n) is 5.05. The Bertz CT molecular complexity index is 626. The highest BCUT2D eigenvalue weighted by Gasteiger charge is 2.10. The molecule has 0 bridgehead atoms. The Labute approximate surface area is 119 Å². The van der Waals surface area contributed by atoms with Gasteiger partial charge in [-0.25, -0.2) is 4.39 Å². The van der Waals surface area contributed by atoms with Gasteiger partial charge in [0.25, 0.3) is 0 Å². The van der Waals surface area contributed by atoms with Crippen LogP contribution in [0.3, 0.4) is 0 Å². The van der Waals surface area contributed by atoms with Gasteiger partial charge in [0.05, 0.1) is 5.56 Å². The Hall–Kier alpha value is -2.18. The number of halogens is 1. The molecule has 0 aliphatic rings. The molecule has 0 aliphatic carbocycles. The van der Waals surface area contributed by atoms with Crippen molar-refractivity contribution in [2.24, 2.45) is 0 Å². The molecule has 3 heteroatoms. The van der Waals surface area contributed by atoms with Crippen molar-refractivity contribution in [2.45, 2.75) is 20.0 Å². The molecular weight excluding hydrogens is 251 g/mol. The van der Waals surface area contributed by atoms with Crippen molar-refractivity contribution >= 4 is 0 Å². The fourth-order valence-electron chi connectivity index (χ4n) is 2.14. The molecule has 0 atom stereocenters. The first kappa shape index (κ1) is 14.2. The number of hydrogen-bond donors (Lipinski definition) is 0. The summed E-state index contributed by atoms with van der Waals surface area (Å²) in [5.74, 6) is -0.411. The minimum atomic E-state index is -0.411. The van der Waals surface area contributed by atoms with Gasteiger partial charge in [-0.2, -0.15) is 5.26 Å². The first-order valence-electron chi connectivity index (χ1n) is 6.51. The number of nitriles is 1. The van der Waals surface area contributed by atoms with Crippen LogP contribution in [0.2, 0.25) is 0 Å². The van der Waals surface area contributed by atoms with E-state index >= 15 is 0 Å². The van der Waals surface area contributed by atoms with Crippen LogP contribution >= 0.6 is 0 Å². The van der Waals surface area contributed by atoms with Gasteiger partial charge in [0.15, 0.2) is 0 Å². The Morgan fingerprint density at radius 1 is 1.10 bits per heavy atom. The molecule has 0 saturated heterocycles. The van der Waals surface area contributed by atoms with Crippen molar-refractivity contribution in [2.75, 3.05) is 7.05 Å². The van der Waals surface area contributed by atoms with E-state index in [0.717, 1.165) is 6.54 Å². The summed E-state index contributed by atoms with van der Waals surface area (Å²) >= 11 is 0. The minimum absolute atomic E-state index is 0.103. The summed E-state index contributed by atoms with van der Waals surface area (Å²) in [4.78, 5) is 2.03. The van der Waals surface area contributed by atoms with Crippen molar-refractivity contribution < 1.29 is 4.39 Å². The van der Waals surface area contributed by atoms with Crippen LogP contribution in [0, 0.1) is 24.1 Å². The van der Waals surface area contributed by atoms with E-state index in [2.05, 4.69) is 31.2 Å². The molecule has 0 amide bonds. The van der Waals surface area contributed by atoms with Gasteiger partial charge in [-0.1, -0.05) is 42.0 Å². The standard InChI is InChI=1S/C17H17FN2/c1-13-6-8-14(9-7-13)11-20(2)12-16-5-3-4-15(10-19)17(16)18/h3-9H,11-12H2,1-2H3. The SMILES string of the molecule is Cc1ccc(CN(C)Cc2cccc(C#N)c2F)cc1. The van der Waals surface area contributed by atoms with Gasteiger partial charge in [0.2, 0.25) is 0 Å². The van der Waals surface area contributed by atoms with Crippen molar-refractivity contribution in [1.29, 1.82) is 5.26 Å². The van der Waals surface area contributed by atoms with Gasteiger partial charge in [-0.3, -0.25) is 4.90 Å². The van der Waals surface area contributed by atoms with Crippen LogP contribution in [-0.2, 0) is 13.1 Å². The normalized spacial score (nSPS) is 10.6. The number of rotatable bonds is 4. The van der Waals surface area contributed by atoms with Gasteiger partial charge < -0.3 is 0 Å². The zero-order valence-corrected chi connectivity index (χ0v) is 11.7. The molecule has 0 heterocycles. The molecule has 0 fully saturated rings. The highest BCUT2D eigenvalue weighted by Crippen LogP contribution is 2.15. The van der Waals surface area contributed by atoms with E-state index in [1.165, 1.54) is 17.2 Å². The highest BCUT2D eigenvalue weighted by molar-refractivity contribution is 5.35. The molecule has 0 aromatic heterocycles. The first-order chi connectivity index (χ1) is 9.60. The minimum Gasteiger partial charge on any atom is -0.298 e. The average molecular weight is 268 g/mol. The summed E-state index contributed by atoms with van der Waals surface area (Å²) in [6.45, 7) is 3.28. The Morgan fingerprint density at radius 2 is 1.80 bits per heavy atom. The third-order valence-corrected chi connectivity index (χ3v) is 3.21. The zero-order valence-electron chi connectivity index (χ0n) is 11.7. The number of hydrogen-bond acceptors (Lipinski definition) is 2. The Kier molecular flexibility index (Phi) is 4.49. The topological polar surface area (TPSA) is 27.0 Å². The van der Waals surface area contributed by atoms with E-state index in [0.29, 0.717) is 12.1 Å². The lowest BCUT2D eigenvalue weighted by Crippen LogP contribution is -2.18. The molecule has 2 aromatic rings. The molecule has 0 radical (unpaired) electrons. The smallest absolute Gasteiger partial charge is 0.145 e. The van der Waals surface area contributed by atoms with Crippen LogP contribution in [0.5, 0.6) is 0 Å². The molecule has 2 rings (SSSR count). The molecule has 102 valence electrons. The predicted octanol–water partition coefficient (Wildman–Crippen LogP) is 3.64. The lowest BCUT2D eigenvalue weighted by Gasteiger charge is -2.17. The van der Waals surface area contributed by atoms with E-state index in [-0.39, 0.29) is 5.56 Å². The second kappa shape index (κ2) is 6.31. The summed E-state index contributed by atoms with van der Waals surface area (Å²) in [7, 11) is 1.94. The second-order valence-corrected chi connectivity index (χ2v) is 5.05. The largest absolute Gasteiger partial charge is 0.298 e. The van der Waals surface area contributed by atoms with Crippen molar-refractivity contribution in [3.05, 3.63) is 70.5 Å². The average Bonchev–Trinajstić information content (AvgIpc) is 2.44. The highest BCUT2D eigenvalue weighted by atomic mass is 19.1. The number of nitrogens with zero attached hydrogens (tertiary/aromatic N) is 2.